The van der Waals surface area contributed by atoms with Crippen molar-refractivity contribution in [2.24, 2.45) is 44.3 Å². The van der Waals surface area contributed by atoms with Gasteiger partial charge in [-0.05, 0) is 91.8 Å². The van der Waals surface area contributed by atoms with Gasteiger partial charge in [0.05, 0.1) is 5.57 Å². The summed E-state index contributed by atoms with van der Waals surface area (Å²) in [6.45, 7) is 20.4. The normalized spacial score (nSPS) is 43.2. The van der Waals surface area contributed by atoms with Crippen LogP contribution in [-0.2, 0) is 14.3 Å². The number of hydrogen-bond donors (Lipinski definition) is 0. The summed E-state index contributed by atoms with van der Waals surface area (Å²) in [5, 5.41) is 9.87. The number of carbonyl (C=O) groups is 2. The first-order valence-electron chi connectivity index (χ1n) is 14.3. The maximum Gasteiger partial charge on any atom is 0.306 e. The number of cyclic esters (lactones) is 1. The monoisotopic (exact) mass is 495 g/mol. The van der Waals surface area contributed by atoms with Crippen LogP contribution in [0.25, 0.3) is 0 Å². The Bertz CT molecular complexity index is 1000. The average Bonchev–Trinajstić information content (AvgIpc) is 2.86. The second-order valence-corrected chi connectivity index (χ2v) is 15.4. The Morgan fingerprint density at radius 3 is 2.11 bits per heavy atom. The molecule has 0 N–H and O–H groups in total. The van der Waals surface area contributed by atoms with E-state index in [0.29, 0.717) is 17.3 Å². The first-order chi connectivity index (χ1) is 16.4. The summed E-state index contributed by atoms with van der Waals surface area (Å²) >= 11 is 0. The molecule has 3 aliphatic carbocycles. The van der Waals surface area contributed by atoms with E-state index in [9.17, 15) is 14.9 Å². The number of Topliss-reactive ketones (excluding diaryl/α,β-unsaturated/α-hetero) is 1. The highest BCUT2D eigenvalue weighted by atomic mass is 16.5. The van der Waals surface area contributed by atoms with Crippen molar-refractivity contribution in [2.45, 2.75) is 126 Å². The van der Waals surface area contributed by atoms with Crippen molar-refractivity contribution in [3.05, 3.63) is 11.6 Å². The second-order valence-electron chi connectivity index (χ2n) is 15.4. The molecule has 36 heavy (non-hydrogen) atoms. The van der Waals surface area contributed by atoms with Crippen LogP contribution in [-0.4, -0.2) is 17.9 Å². The minimum atomic E-state index is -0.615. The summed E-state index contributed by atoms with van der Waals surface area (Å²) in [5.74, 6) is -0.0376. The van der Waals surface area contributed by atoms with Crippen molar-refractivity contribution in [1.82, 2.24) is 0 Å². The fourth-order valence-corrected chi connectivity index (χ4v) is 9.13. The summed E-state index contributed by atoms with van der Waals surface area (Å²) < 4.78 is 6.15. The summed E-state index contributed by atoms with van der Waals surface area (Å²) in [6, 6.07) is 2.21. The summed E-state index contributed by atoms with van der Waals surface area (Å²) in [5.41, 5.74) is -0.298. The van der Waals surface area contributed by atoms with E-state index in [1.165, 1.54) is 25.7 Å². The summed E-state index contributed by atoms with van der Waals surface area (Å²) in [7, 11) is 0. The Morgan fingerprint density at radius 2 is 1.53 bits per heavy atom. The number of fused-ring (bicyclic) bond motifs is 3. The Morgan fingerprint density at radius 1 is 0.917 bits per heavy atom. The quantitative estimate of drug-likeness (QED) is 0.374. The molecule has 1 heterocycles. The first-order valence-corrected chi connectivity index (χ1v) is 14.3. The van der Waals surface area contributed by atoms with Crippen LogP contribution >= 0.6 is 0 Å². The molecule has 0 aromatic heterocycles. The van der Waals surface area contributed by atoms with E-state index in [4.69, 9.17) is 4.74 Å². The molecule has 0 aromatic rings. The van der Waals surface area contributed by atoms with Gasteiger partial charge in [0.2, 0.25) is 0 Å². The van der Waals surface area contributed by atoms with E-state index >= 15 is 0 Å². The predicted octanol–water partition coefficient (Wildman–Crippen LogP) is 7.81. The molecule has 2 saturated carbocycles. The molecule has 200 valence electrons. The lowest BCUT2D eigenvalue weighted by Crippen LogP contribution is -2.61. The molecule has 0 aromatic carbocycles. The fourth-order valence-electron chi connectivity index (χ4n) is 9.13. The van der Waals surface area contributed by atoms with Gasteiger partial charge in [0.15, 0.2) is 5.78 Å². The van der Waals surface area contributed by atoms with E-state index in [1.54, 1.807) is 0 Å². The van der Waals surface area contributed by atoms with E-state index < -0.39 is 10.8 Å². The van der Waals surface area contributed by atoms with Crippen molar-refractivity contribution in [2.75, 3.05) is 0 Å². The summed E-state index contributed by atoms with van der Waals surface area (Å²) in [6.07, 6.45) is 11.3. The van der Waals surface area contributed by atoms with E-state index in [1.807, 2.05) is 19.9 Å². The van der Waals surface area contributed by atoms with Gasteiger partial charge in [-0.2, -0.15) is 5.26 Å². The molecule has 3 fully saturated rings. The Kier molecular flexibility index (Phi) is 6.42. The van der Waals surface area contributed by atoms with Crippen LogP contribution in [0, 0.1) is 55.7 Å². The van der Waals surface area contributed by atoms with Crippen LogP contribution < -0.4 is 0 Å². The van der Waals surface area contributed by atoms with Crippen molar-refractivity contribution in [1.29, 1.82) is 5.26 Å². The number of carbonyl (C=O) groups excluding carboxylic acids is 2. The Balaban J connectivity index is 1.74. The zero-order valence-corrected chi connectivity index (χ0v) is 24.3. The van der Waals surface area contributed by atoms with Gasteiger partial charge < -0.3 is 4.74 Å². The van der Waals surface area contributed by atoms with Crippen molar-refractivity contribution < 1.29 is 14.3 Å². The van der Waals surface area contributed by atoms with E-state index in [0.717, 1.165) is 25.7 Å². The second kappa shape index (κ2) is 8.44. The lowest BCUT2D eigenvalue weighted by atomic mass is 9.39. The molecule has 0 amide bonds. The zero-order valence-electron chi connectivity index (χ0n) is 24.3. The molecular formula is C32H49NO3. The smallest absolute Gasteiger partial charge is 0.306 e. The van der Waals surface area contributed by atoms with Gasteiger partial charge >= 0.3 is 5.97 Å². The van der Waals surface area contributed by atoms with Crippen LogP contribution in [0.4, 0.5) is 0 Å². The largest absolute Gasteiger partial charge is 0.462 e. The van der Waals surface area contributed by atoms with Crippen LogP contribution in [0.15, 0.2) is 11.6 Å². The number of nitrogens with zero attached hydrogens (tertiary/aromatic N) is 1. The van der Waals surface area contributed by atoms with Crippen molar-refractivity contribution in [3.63, 3.8) is 0 Å². The molecule has 6 atom stereocenters. The number of ether oxygens (including phenoxy) is 1. The maximum atomic E-state index is 13.2. The van der Waals surface area contributed by atoms with Crippen LogP contribution in [0.5, 0.6) is 0 Å². The highest BCUT2D eigenvalue weighted by Gasteiger charge is 2.66. The molecule has 0 spiro atoms. The molecule has 0 radical (unpaired) electrons. The molecule has 1 saturated heterocycles. The van der Waals surface area contributed by atoms with Gasteiger partial charge in [0.1, 0.15) is 12.2 Å². The van der Waals surface area contributed by atoms with Gasteiger partial charge in [0, 0.05) is 17.3 Å². The molecule has 4 rings (SSSR count). The maximum absolute atomic E-state index is 13.2. The molecule has 4 nitrogen and oxygen atoms in total. The highest BCUT2D eigenvalue weighted by molar-refractivity contribution is 6.04. The van der Waals surface area contributed by atoms with Gasteiger partial charge in [-0.1, -0.05) is 61.5 Å². The molecule has 4 heteroatoms. The van der Waals surface area contributed by atoms with Crippen LogP contribution in [0.2, 0.25) is 0 Å². The number of hydrogen-bond acceptors (Lipinski definition) is 4. The van der Waals surface area contributed by atoms with Gasteiger partial charge in [-0.15, -0.1) is 0 Å². The molecule has 4 aliphatic rings. The number of rotatable bonds is 3. The number of allylic oxidation sites excluding steroid dienone is 2. The summed E-state index contributed by atoms with van der Waals surface area (Å²) in [4.78, 5) is 26.4. The minimum Gasteiger partial charge on any atom is -0.462 e. The average molecular weight is 496 g/mol. The van der Waals surface area contributed by atoms with Gasteiger partial charge in [-0.25, -0.2) is 0 Å². The lowest BCUT2D eigenvalue weighted by molar-refractivity contribution is -0.165. The van der Waals surface area contributed by atoms with Crippen LogP contribution in [0.1, 0.15) is 120 Å². The van der Waals surface area contributed by atoms with E-state index in [-0.39, 0.29) is 46.1 Å². The topological polar surface area (TPSA) is 67.2 Å². The van der Waals surface area contributed by atoms with Crippen molar-refractivity contribution >= 4 is 11.8 Å². The standard InChI is InChI=1S/C32H49NO3/c1-21-31(8,17-16-29(6)14-12-27(2,3)13-15-29)32(9)11-10-23-28(4,5)26(35)22(20-33)19-30(23,7)24(32)18-25(34)36-21/h19,21,23-24H,10-18H2,1-9H3/t21?,23-,24+,30-,31+,32+/m0/s1. The van der Waals surface area contributed by atoms with Crippen molar-refractivity contribution in [3.8, 4) is 6.07 Å². The SMILES string of the molecule is CC1OC(=O)C[C@@H]2[C@@]3(C)C=C(C#N)C(=O)C(C)(C)[C@@H]3CC[C@@]2(C)[C@]1(C)CCC1(C)CCC(C)(C)CC1. The Labute approximate surface area is 219 Å². The molecule has 1 unspecified atom stereocenters. The molecular weight excluding hydrogens is 446 g/mol. The fraction of sp³-hybridized carbons (Fsp3) is 0.844. The van der Waals surface area contributed by atoms with Gasteiger partial charge in [0.25, 0.3) is 0 Å². The third kappa shape index (κ3) is 3.99. The number of ketones is 1. The van der Waals surface area contributed by atoms with Gasteiger partial charge in [-0.3, -0.25) is 9.59 Å². The minimum absolute atomic E-state index is 0.0278. The van der Waals surface area contributed by atoms with E-state index in [2.05, 4.69) is 54.5 Å². The Hall–Kier alpha value is -1.63. The zero-order chi connectivity index (χ0) is 26.9. The van der Waals surface area contributed by atoms with Crippen LogP contribution in [0.3, 0.4) is 0 Å². The lowest BCUT2D eigenvalue weighted by Gasteiger charge is -2.64. The number of esters is 1. The first kappa shape index (κ1) is 27.4. The predicted molar refractivity (Wildman–Crippen MR) is 143 cm³/mol. The third-order valence-electron chi connectivity index (χ3n) is 12.4. The number of nitriles is 1. The highest BCUT2D eigenvalue weighted by Crippen LogP contribution is 2.70. The molecule has 1 aliphatic heterocycles. The third-order valence-corrected chi connectivity index (χ3v) is 12.4. The molecule has 0 bridgehead atoms.